The third-order valence-corrected chi connectivity index (χ3v) is 5.51. The molecule has 4 nitrogen and oxygen atoms in total. The van der Waals surface area contributed by atoms with Crippen LogP contribution >= 0.6 is 15.9 Å². The number of anilines is 1. The molecule has 0 saturated carbocycles. The second-order valence-electron chi connectivity index (χ2n) is 9.64. The number of nitrogens with zero attached hydrogens (tertiary/aromatic N) is 1. The molecule has 0 aliphatic rings. The molecule has 29 heavy (non-hydrogen) atoms. The van der Waals surface area contributed by atoms with Crippen molar-refractivity contribution in [2.75, 3.05) is 5.32 Å². The molecule has 0 aliphatic heterocycles. The molecule has 2 aromatic heterocycles. The van der Waals surface area contributed by atoms with Gasteiger partial charge in [0.05, 0.1) is 16.5 Å². The topological polar surface area (TPSA) is 57.8 Å². The Labute approximate surface area is 180 Å². The Bertz CT molecular complexity index is 1200. The summed E-state index contributed by atoms with van der Waals surface area (Å²) in [5, 5.41) is 5.91. The van der Waals surface area contributed by atoms with E-state index in [1.165, 1.54) is 0 Å². The highest BCUT2D eigenvalue weighted by Gasteiger charge is 2.22. The zero-order valence-corrected chi connectivity index (χ0v) is 19.7. The molecule has 0 bridgehead atoms. The fourth-order valence-corrected chi connectivity index (χ4v) is 3.23. The maximum atomic E-state index is 12.8. The van der Waals surface area contributed by atoms with Gasteiger partial charge in [-0.3, -0.25) is 4.79 Å². The average Bonchev–Trinajstić information content (AvgIpc) is 2.59. The van der Waals surface area contributed by atoms with Crippen molar-refractivity contribution in [2.45, 2.75) is 54.5 Å². The van der Waals surface area contributed by atoms with Crippen LogP contribution in [-0.2, 0) is 0 Å². The highest BCUT2D eigenvalue weighted by molar-refractivity contribution is 9.10. The van der Waals surface area contributed by atoms with E-state index in [0.717, 1.165) is 26.6 Å². The predicted molar refractivity (Wildman–Crippen MR) is 126 cm³/mol. The van der Waals surface area contributed by atoms with Gasteiger partial charge in [-0.2, -0.15) is 0 Å². The Balaban J connectivity index is 2.38. The van der Waals surface area contributed by atoms with E-state index >= 15 is 0 Å². The van der Waals surface area contributed by atoms with E-state index in [1.807, 2.05) is 18.2 Å². The number of aromatic amines is 1. The van der Waals surface area contributed by atoms with Crippen molar-refractivity contribution in [2.24, 2.45) is 10.8 Å². The number of fused-ring (bicyclic) bond motifs is 3. The molecule has 2 N–H and O–H groups in total. The quantitative estimate of drug-likeness (QED) is 0.364. The fraction of sp³-hybridized carbons (Fsp3) is 0.417. The molecular weight excluding hydrogens is 426 g/mol. The van der Waals surface area contributed by atoms with Crippen molar-refractivity contribution < 1.29 is 0 Å². The number of benzene rings is 1. The highest BCUT2D eigenvalue weighted by atomic mass is 79.9. The van der Waals surface area contributed by atoms with E-state index in [0.29, 0.717) is 10.9 Å². The number of halogens is 1. The second kappa shape index (κ2) is 7.50. The Hall–Kier alpha value is -2.32. The summed E-state index contributed by atoms with van der Waals surface area (Å²) in [6.07, 6.45) is 1.66. The lowest BCUT2D eigenvalue weighted by Crippen LogP contribution is -2.31. The first-order valence-corrected chi connectivity index (χ1v) is 10.6. The fourth-order valence-electron chi connectivity index (χ4n) is 2.87. The molecule has 3 rings (SSSR count). The Morgan fingerprint density at radius 1 is 1.14 bits per heavy atom. The lowest BCUT2D eigenvalue weighted by molar-refractivity contribution is 0.359. The molecule has 0 aliphatic carbocycles. The van der Waals surface area contributed by atoms with Crippen LogP contribution in [0.25, 0.3) is 21.7 Å². The molecule has 0 amide bonds. The summed E-state index contributed by atoms with van der Waals surface area (Å²) in [5.74, 6) is 7.24. The molecule has 0 spiro atoms. The summed E-state index contributed by atoms with van der Waals surface area (Å²) in [7, 11) is 0. The maximum absolute atomic E-state index is 12.8. The van der Waals surface area contributed by atoms with E-state index in [9.17, 15) is 4.79 Å². The number of nitrogens with one attached hydrogen (secondary N) is 2. The van der Waals surface area contributed by atoms with Gasteiger partial charge in [0.2, 0.25) is 0 Å². The van der Waals surface area contributed by atoms with Gasteiger partial charge in [-0.05, 0) is 51.3 Å². The number of hydrogen-bond acceptors (Lipinski definition) is 3. The van der Waals surface area contributed by atoms with Gasteiger partial charge in [-0.15, -0.1) is 0 Å². The second-order valence-corrected chi connectivity index (χ2v) is 10.6. The van der Waals surface area contributed by atoms with Crippen molar-refractivity contribution in [1.29, 1.82) is 0 Å². The van der Waals surface area contributed by atoms with Crippen molar-refractivity contribution >= 4 is 43.4 Å². The first-order valence-electron chi connectivity index (χ1n) is 9.81. The number of pyridine rings is 2. The molecular formula is C24H28BrN3O. The van der Waals surface area contributed by atoms with Gasteiger partial charge in [-0.25, -0.2) is 4.98 Å². The molecule has 1 atom stereocenters. The van der Waals surface area contributed by atoms with Gasteiger partial charge in [0.25, 0.3) is 5.56 Å². The molecule has 0 fully saturated rings. The minimum atomic E-state index is -0.160. The maximum Gasteiger partial charge on any atom is 0.258 e. The summed E-state index contributed by atoms with van der Waals surface area (Å²) in [6, 6.07) is 6.13. The van der Waals surface area contributed by atoms with Crippen molar-refractivity contribution in [3.05, 3.63) is 44.8 Å². The predicted octanol–water partition coefficient (Wildman–Crippen LogP) is 6.08. The summed E-state index contributed by atoms with van der Waals surface area (Å²) in [6.45, 7) is 14.9. The molecule has 3 aromatic rings. The normalized spacial score (nSPS) is 13.2. The average molecular weight is 454 g/mol. The molecule has 0 radical (unpaired) electrons. The van der Waals surface area contributed by atoms with Gasteiger partial charge in [-0.1, -0.05) is 48.5 Å². The Morgan fingerprint density at radius 3 is 2.45 bits per heavy atom. The van der Waals surface area contributed by atoms with Crippen LogP contribution in [0, 0.1) is 22.7 Å². The van der Waals surface area contributed by atoms with Crippen LogP contribution in [0.5, 0.6) is 0 Å². The zero-order chi connectivity index (χ0) is 21.6. The number of hydrogen-bond donors (Lipinski definition) is 2. The third-order valence-electron chi connectivity index (χ3n) is 5.02. The van der Waals surface area contributed by atoms with Gasteiger partial charge in [0, 0.05) is 32.9 Å². The van der Waals surface area contributed by atoms with Crippen molar-refractivity contribution in [1.82, 2.24) is 9.97 Å². The van der Waals surface area contributed by atoms with Crippen LogP contribution in [0.15, 0.2) is 33.7 Å². The standard InChI is InChI=1S/C24H28BrN3O/c1-14(24(5,6)7)27-21-17-9-8-16(25)12-18(17)19-20(28-21)15(13-26-22(19)29)10-11-23(2,3)4/h8-9,12-14H,1-7H3,(H,26,29)(H,27,28). The van der Waals surface area contributed by atoms with Crippen molar-refractivity contribution in [3.8, 4) is 11.8 Å². The van der Waals surface area contributed by atoms with E-state index in [4.69, 9.17) is 4.98 Å². The zero-order valence-electron chi connectivity index (χ0n) is 18.1. The summed E-state index contributed by atoms with van der Waals surface area (Å²) in [4.78, 5) is 20.5. The van der Waals surface area contributed by atoms with Crippen LogP contribution in [0.1, 0.15) is 54.0 Å². The summed E-state index contributed by atoms with van der Waals surface area (Å²) >= 11 is 3.54. The van der Waals surface area contributed by atoms with E-state index in [2.05, 4.69) is 86.5 Å². The van der Waals surface area contributed by atoms with E-state index in [-0.39, 0.29) is 22.4 Å². The Kier molecular flexibility index (Phi) is 5.53. The number of aromatic nitrogens is 2. The van der Waals surface area contributed by atoms with Crippen LogP contribution in [0.3, 0.4) is 0 Å². The molecule has 2 heterocycles. The van der Waals surface area contributed by atoms with Crippen LogP contribution in [0.4, 0.5) is 5.82 Å². The number of rotatable bonds is 2. The summed E-state index contributed by atoms with van der Waals surface area (Å²) < 4.78 is 0.915. The van der Waals surface area contributed by atoms with Crippen LogP contribution < -0.4 is 10.9 Å². The molecule has 152 valence electrons. The smallest absolute Gasteiger partial charge is 0.258 e. The van der Waals surface area contributed by atoms with Crippen molar-refractivity contribution in [3.63, 3.8) is 0 Å². The van der Waals surface area contributed by atoms with E-state index in [1.54, 1.807) is 6.20 Å². The minimum absolute atomic E-state index is 0.0569. The third kappa shape index (κ3) is 4.64. The van der Waals surface area contributed by atoms with Crippen LogP contribution in [0.2, 0.25) is 0 Å². The molecule has 1 aromatic carbocycles. The largest absolute Gasteiger partial charge is 0.367 e. The highest BCUT2D eigenvalue weighted by Crippen LogP contribution is 2.33. The summed E-state index contributed by atoms with van der Waals surface area (Å²) in [5.41, 5.74) is 1.10. The van der Waals surface area contributed by atoms with Crippen LogP contribution in [-0.4, -0.2) is 16.0 Å². The van der Waals surface area contributed by atoms with Gasteiger partial charge in [0.15, 0.2) is 0 Å². The minimum Gasteiger partial charge on any atom is -0.367 e. The SMILES string of the molecule is CC(Nc1nc2c(C#CC(C)(C)C)c[nH]c(=O)c2c2cc(Br)ccc12)C(C)(C)C. The first-order chi connectivity index (χ1) is 13.4. The molecule has 0 saturated heterocycles. The van der Waals surface area contributed by atoms with Gasteiger partial charge >= 0.3 is 0 Å². The van der Waals surface area contributed by atoms with E-state index < -0.39 is 0 Å². The lowest BCUT2D eigenvalue weighted by Gasteiger charge is -2.29. The van der Waals surface area contributed by atoms with Gasteiger partial charge in [0.1, 0.15) is 5.82 Å². The Morgan fingerprint density at radius 2 is 1.83 bits per heavy atom. The monoisotopic (exact) mass is 453 g/mol. The lowest BCUT2D eigenvalue weighted by atomic mass is 9.88. The van der Waals surface area contributed by atoms with Gasteiger partial charge < -0.3 is 10.3 Å². The molecule has 1 unspecified atom stereocenters. The molecule has 5 heteroatoms. The number of H-pyrrole nitrogens is 1. The first kappa shape index (κ1) is 21.4.